The minimum Gasteiger partial charge on any atom is -0.403 e. The molecule has 0 saturated heterocycles. The van der Waals surface area contributed by atoms with Gasteiger partial charge in [-0.05, 0) is 43.3 Å². The van der Waals surface area contributed by atoms with E-state index >= 15 is 0 Å². The van der Waals surface area contributed by atoms with Crippen molar-refractivity contribution in [2.24, 2.45) is 0 Å². The Morgan fingerprint density at radius 3 is 1.81 bits per heavy atom. The molecule has 1 atom stereocenters. The minimum atomic E-state index is -2.01. The molecule has 2 nitrogen and oxygen atoms in total. The van der Waals surface area contributed by atoms with E-state index in [0.29, 0.717) is 16.6 Å². The van der Waals surface area contributed by atoms with Crippen LogP contribution in [0.25, 0.3) is 0 Å². The van der Waals surface area contributed by atoms with Crippen LogP contribution in [0.15, 0.2) is 11.1 Å². The van der Waals surface area contributed by atoms with Gasteiger partial charge in [0.2, 0.25) is 8.32 Å². The maximum Gasteiger partial charge on any atom is 0.201 e. The van der Waals surface area contributed by atoms with Crippen LogP contribution in [0, 0.1) is 0 Å². The second kappa shape index (κ2) is 6.78. The van der Waals surface area contributed by atoms with Crippen LogP contribution in [-0.4, -0.2) is 20.2 Å². The van der Waals surface area contributed by atoms with Crippen LogP contribution in [-0.2, 0) is 9.22 Å². The summed E-state index contributed by atoms with van der Waals surface area (Å²) in [6.45, 7) is 18.0. The zero-order valence-corrected chi connectivity index (χ0v) is 16.2. The van der Waals surface area contributed by atoms with E-state index in [2.05, 4.69) is 55.4 Å². The van der Waals surface area contributed by atoms with Crippen molar-refractivity contribution in [1.29, 1.82) is 0 Å². The lowest BCUT2D eigenvalue weighted by atomic mass is 9.82. The number of carbonyl (C=O) groups excluding carboxylic acids is 1. The minimum absolute atomic E-state index is 0.515. The van der Waals surface area contributed by atoms with Crippen LogP contribution in [0.1, 0.15) is 74.7 Å². The van der Waals surface area contributed by atoms with Crippen molar-refractivity contribution in [2.45, 2.75) is 96.9 Å². The zero-order valence-electron chi connectivity index (χ0n) is 15.2. The molecule has 1 rings (SSSR count). The van der Waals surface area contributed by atoms with Gasteiger partial charge >= 0.3 is 0 Å². The third-order valence-corrected chi connectivity index (χ3v) is 11.7. The molecule has 0 aromatic carbocycles. The van der Waals surface area contributed by atoms with Gasteiger partial charge in [-0.3, -0.25) is 0 Å². The van der Waals surface area contributed by atoms with Gasteiger partial charge in [-0.2, -0.15) is 0 Å². The van der Waals surface area contributed by atoms with E-state index in [-0.39, 0.29) is 0 Å². The lowest BCUT2D eigenvalue weighted by Gasteiger charge is -2.49. The average molecular weight is 311 g/mol. The molecular weight excluding hydrogens is 276 g/mol. The van der Waals surface area contributed by atoms with E-state index in [1.165, 1.54) is 11.1 Å². The Bertz CT molecular complexity index is 388. The van der Waals surface area contributed by atoms with E-state index in [0.717, 1.165) is 25.5 Å². The molecule has 21 heavy (non-hydrogen) atoms. The van der Waals surface area contributed by atoms with E-state index < -0.39 is 13.9 Å². The summed E-state index contributed by atoms with van der Waals surface area (Å²) in [6.07, 6.45) is 3.73. The molecule has 0 amide bonds. The van der Waals surface area contributed by atoms with Gasteiger partial charge in [0, 0.05) is 6.42 Å². The highest BCUT2D eigenvalue weighted by Gasteiger charge is 2.51. The second-order valence-corrected chi connectivity index (χ2v) is 13.2. The predicted molar refractivity (Wildman–Crippen MR) is 93.2 cm³/mol. The Labute approximate surface area is 132 Å². The molecular formula is C18H34O2Si. The molecule has 0 N–H and O–H groups in total. The van der Waals surface area contributed by atoms with Gasteiger partial charge in [0.1, 0.15) is 5.60 Å². The second-order valence-electron chi connectivity index (χ2n) is 7.84. The van der Waals surface area contributed by atoms with E-state index in [1.54, 1.807) is 0 Å². The maximum absolute atomic E-state index is 12.0. The highest BCUT2D eigenvalue weighted by atomic mass is 28.4. The summed E-state index contributed by atoms with van der Waals surface area (Å²) in [5, 5.41) is 0. The molecule has 0 aliphatic heterocycles. The Hall–Kier alpha value is -0.413. The van der Waals surface area contributed by atoms with Crippen molar-refractivity contribution < 1.29 is 9.22 Å². The summed E-state index contributed by atoms with van der Waals surface area (Å²) in [5.41, 5.74) is 3.74. The molecule has 0 fully saturated rings. The van der Waals surface area contributed by atoms with Gasteiger partial charge in [0.05, 0.1) is 0 Å². The number of rotatable bonds is 6. The molecule has 3 heteroatoms. The molecule has 0 spiro atoms. The summed E-state index contributed by atoms with van der Waals surface area (Å²) in [4.78, 5) is 12.0. The summed E-state index contributed by atoms with van der Waals surface area (Å²) >= 11 is 0. The Balaban J connectivity index is 3.21. The molecule has 0 radical (unpaired) electrons. The summed E-state index contributed by atoms with van der Waals surface area (Å²) in [6, 6.07) is 0. The molecule has 1 unspecified atom stereocenters. The van der Waals surface area contributed by atoms with Gasteiger partial charge < -0.3 is 9.22 Å². The van der Waals surface area contributed by atoms with E-state index in [9.17, 15) is 4.79 Å². The Morgan fingerprint density at radius 2 is 1.48 bits per heavy atom. The van der Waals surface area contributed by atoms with Gasteiger partial charge in [-0.25, -0.2) is 0 Å². The van der Waals surface area contributed by atoms with E-state index in [1.807, 2.05) is 0 Å². The van der Waals surface area contributed by atoms with Crippen LogP contribution < -0.4 is 0 Å². The first-order valence-electron chi connectivity index (χ1n) is 8.43. The lowest BCUT2D eigenvalue weighted by Crippen LogP contribution is -2.55. The third-order valence-electron chi connectivity index (χ3n) is 5.52. The SMILES string of the molecule is CC1=C(C)CC(C=O)(O[Si](C(C)C)(C(C)C)C(C)C)CC1. The van der Waals surface area contributed by atoms with Crippen LogP contribution in [0.2, 0.25) is 16.6 Å². The molecule has 122 valence electrons. The topological polar surface area (TPSA) is 26.3 Å². The molecule has 0 bridgehead atoms. The first-order chi connectivity index (χ1) is 9.61. The Kier molecular flexibility index (Phi) is 6.02. The van der Waals surface area contributed by atoms with Crippen molar-refractivity contribution in [2.75, 3.05) is 0 Å². The third kappa shape index (κ3) is 3.50. The first kappa shape index (κ1) is 18.6. The highest BCUT2D eigenvalue weighted by Crippen LogP contribution is 2.47. The van der Waals surface area contributed by atoms with Gasteiger partial charge in [-0.1, -0.05) is 52.7 Å². The number of allylic oxidation sites excluding steroid dienone is 1. The monoisotopic (exact) mass is 310 g/mol. The average Bonchev–Trinajstić information content (AvgIpc) is 2.39. The zero-order chi connectivity index (χ0) is 16.4. The number of hydrogen-bond donors (Lipinski definition) is 0. The number of hydrogen-bond acceptors (Lipinski definition) is 2. The van der Waals surface area contributed by atoms with Crippen molar-refractivity contribution in [3.63, 3.8) is 0 Å². The van der Waals surface area contributed by atoms with Crippen LogP contribution >= 0.6 is 0 Å². The van der Waals surface area contributed by atoms with Gasteiger partial charge in [0.15, 0.2) is 6.29 Å². The van der Waals surface area contributed by atoms with Crippen LogP contribution in [0.4, 0.5) is 0 Å². The molecule has 0 heterocycles. The molecule has 1 aliphatic carbocycles. The fraction of sp³-hybridized carbons (Fsp3) is 0.833. The normalized spacial score (nSPS) is 24.3. The van der Waals surface area contributed by atoms with E-state index in [4.69, 9.17) is 4.43 Å². The number of aldehydes is 1. The lowest BCUT2D eigenvalue weighted by molar-refractivity contribution is -0.123. The smallest absolute Gasteiger partial charge is 0.201 e. The van der Waals surface area contributed by atoms with Crippen molar-refractivity contribution in [3.8, 4) is 0 Å². The first-order valence-corrected chi connectivity index (χ1v) is 10.6. The van der Waals surface area contributed by atoms with Gasteiger partial charge in [-0.15, -0.1) is 0 Å². The van der Waals surface area contributed by atoms with Gasteiger partial charge in [0.25, 0.3) is 0 Å². The maximum atomic E-state index is 12.0. The number of carbonyl (C=O) groups is 1. The largest absolute Gasteiger partial charge is 0.403 e. The van der Waals surface area contributed by atoms with Crippen molar-refractivity contribution in [3.05, 3.63) is 11.1 Å². The predicted octanol–water partition coefficient (Wildman–Crippen LogP) is 5.64. The summed E-state index contributed by atoms with van der Waals surface area (Å²) in [7, 11) is -2.01. The standard InChI is InChI=1S/C18H34O2Si/c1-13(2)21(14(3)4,15(5)6)20-18(12-19)10-9-16(7)17(8)11-18/h12-15H,9-11H2,1-8H3. The quantitative estimate of drug-likeness (QED) is 0.361. The van der Waals surface area contributed by atoms with Crippen LogP contribution in [0.3, 0.4) is 0 Å². The molecule has 1 aliphatic rings. The Morgan fingerprint density at radius 1 is 1.00 bits per heavy atom. The molecule has 0 saturated carbocycles. The fourth-order valence-corrected chi connectivity index (χ4v) is 9.85. The van der Waals surface area contributed by atoms with Crippen LogP contribution in [0.5, 0.6) is 0 Å². The summed E-state index contributed by atoms with van der Waals surface area (Å²) in [5.74, 6) is 0. The molecule has 0 aromatic rings. The van der Waals surface area contributed by atoms with Crippen molar-refractivity contribution in [1.82, 2.24) is 0 Å². The van der Waals surface area contributed by atoms with Crippen molar-refractivity contribution >= 4 is 14.6 Å². The fourth-order valence-electron chi connectivity index (χ4n) is 4.22. The molecule has 0 aromatic heterocycles. The summed E-state index contributed by atoms with van der Waals surface area (Å²) < 4.78 is 6.86. The highest BCUT2D eigenvalue weighted by molar-refractivity contribution is 6.77.